The fourth-order valence-corrected chi connectivity index (χ4v) is 11.3. The topological polar surface area (TPSA) is 28.3 Å². The maximum atomic E-state index is 7.20. The standard InChI is InChI=1S/C49H42N2O2/c1-7-19-41-33(13-1)34-14-2-8-20-42(34)50(41)31-25-27-47-39(29-31)49(37-17-5-11-23-45(37)52-46-24-12-6-18-38(46)49)40-30-32(26-28-48(40)53-47)51-43-21-9-3-15-35(43)36-16-4-10-22-44(36)51/h1-5,7,9,11-17,19,21,23-24,27,29,31-32H,6,8,10,18,20,22,25-26,28,30H2. The van der Waals surface area contributed by atoms with Crippen molar-refractivity contribution in [3.05, 3.63) is 171 Å². The van der Waals surface area contributed by atoms with E-state index in [2.05, 4.69) is 131 Å². The average Bonchev–Trinajstić information content (AvgIpc) is 3.74. The predicted molar refractivity (Wildman–Crippen MR) is 214 cm³/mol. The van der Waals surface area contributed by atoms with Gasteiger partial charge in [-0.2, -0.15) is 0 Å². The molecule has 5 aliphatic carbocycles. The highest BCUT2D eigenvalue weighted by Crippen LogP contribution is 2.64. The van der Waals surface area contributed by atoms with Gasteiger partial charge in [0.05, 0.1) is 11.5 Å². The average molecular weight is 691 g/mol. The van der Waals surface area contributed by atoms with Crippen LogP contribution in [0, 0.1) is 0 Å². The van der Waals surface area contributed by atoms with Gasteiger partial charge in [0.15, 0.2) is 0 Å². The van der Waals surface area contributed by atoms with Crippen LogP contribution in [0.3, 0.4) is 0 Å². The molecule has 4 heterocycles. The van der Waals surface area contributed by atoms with Crippen molar-refractivity contribution in [2.75, 3.05) is 0 Å². The quantitative estimate of drug-likeness (QED) is 0.184. The highest BCUT2D eigenvalue weighted by atomic mass is 16.5. The number of benzene rings is 3. The van der Waals surface area contributed by atoms with Gasteiger partial charge in [0.2, 0.25) is 0 Å². The summed E-state index contributed by atoms with van der Waals surface area (Å²) < 4.78 is 19.4. The molecule has 0 saturated heterocycles. The van der Waals surface area contributed by atoms with Crippen LogP contribution in [0.2, 0.25) is 0 Å². The summed E-state index contributed by atoms with van der Waals surface area (Å²) in [7, 11) is 0. The van der Waals surface area contributed by atoms with Crippen LogP contribution < -0.4 is 4.74 Å². The van der Waals surface area contributed by atoms with E-state index in [1.54, 1.807) is 0 Å². The summed E-state index contributed by atoms with van der Waals surface area (Å²) in [4.78, 5) is 0. The van der Waals surface area contributed by atoms with Gasteiger partial charge in [-0.05, 0) is 99.3 Å². The molecule has 0 saturated carbocycles. The smallest absolute Gasteiger partial charge is 0.132 e. The third-order valence-corrected chi connectivity index (χ3v) is 13.3. The molecular formula is C49H42N2O2. The number of nitrogens with zero attached hydrogens (tertiary/aromatic N) is 2. The number of rotatable bonds is 2. The van der Waals surface area contributed by atoms with Gasteiger partial charge in [0.25, 0.3) is 0 Å². The van der Waals surface area contributed by atoms with Gasteiger partial charge in [0, 0.05) is 67.9 Å². The van der Waals surface area contributed by atoms with Crippen LogP contribution in [-0.2, 0) is 23.0 Å². The molecule has 2 aromatic heterocycles. The second kappa shape index (κ2) is 11.3. The minimum atomic E-state index is -0.461. The molecule has 0 N–H and O–H groups in total. The van der Waals surface area contributed by atoms with Crippen LogP contribution in [0.4, 0.5) is 0 Å². The maximum Gasteiger partial charge on any atom is 0.132 e. The first-order valence-corrected chi connectivity index (χ1v) is 19.9. The zero-order valence-electron chi connectivity index (χ0n) is 30.0. The molecule has 5 aromatic rings. The molecule has 2 aliphatic heterocycles. The first-order chi connectivity index (χ1) is 26.3. The molecule has 3 unspecified atom stereocenters. The Morgan fingerprint density at radius 3 is 2.13 bits per heavy atom. The molecule has 1 spiro atoms. The van der Waals surface area contributed by atoms with Gasteiger partial charge in [-0.25, -0.2) is 0 Å². The molecule has 3 atom stereocenters. The SMILES string of the molecule is C1=CC2=C(CC1)C1(C3=CC(n4c5c(c6ccccc64)C=CCC5)CC=C3OC3=C1CC(n1c4c(c5ccccc51)C=CCC4)CC3)c1ccccc1O2. The Hall–Kier alpha value is -5.48. The number of hydrogen-bond acceptors (Lipinski definition) is 2. The Morgan fingerprint density at radius 1 is 0.642 bits per heavy atom. The number of fused-ring (bicyclic) bond motifs is 12. The van der Waals surface area contributed by atoms with Gasteiger partial charge < -0.3 is 18.6 Å². The van der Waals surface area contributed by atoms with Crippen LogP contribution in [0.15, 0.2) is 143 Å². The van der Waals surface area contributed by atoms with Crippen LogP contribution in [0.5, 0.6) is 5.75 Å². The van der Waals surface area contributed by atoms with Crippen molar-refractivity contribution in [1.82, 2.24) is 9.13 Å². The molecule has 0 radical (unpaired) electrons. The monoisotopic (exact) mass is 690 g/mol. The molecule has 4 nitrogen and oxygen atoms in total. The van der Waals surface area contributed by atoms with Crippen LogP contribution in [-0.4, -0.2) is 9.13 Å². The van der Waals surface area contributed by atoms with E-state index in [1.807, 2.05) is 0 Å². The van der Waals surface area contributed by atoms with Crippen LogP contribution in [0.1, 0.15) is 91.5 Å². The maximum absolute atomic E-state index is 7.20. The molecule has 12 rings (SSSR count). The second-order valence-electron chi connectivity index (χ2n) is 15.9. The van der Waals surface area contributed by atoms with Crippen LogP contribution in [0.25, 0.3) is 34.0 Å². The fraction of sp³-hybridized carbons (Fsp3) is 0.265. The first-order valence-electron chi connectivity index (χ1n) is 19.9. The van der Waals surface area contributed by atoms with Gasteiger partial charge >= 0.3 is 0 Å². The minimum absolute atomic E-state index is 0.182. The second-order valence-corrected chi connectivity index (χ2v) is 15.9. The Labute approximate surface area is 310 Å². The number of allylic oxidation sites excluding steroid dienone is 10. The minimum Gasteiger partial charge on any atom is -0.462 e. The Balaban J connectivity index is 1.10. The van der Waals surface area contributed by atoms with E-state index < -0.39 is 5.41 Å². The van der Waals surface area contributed by atoms with E-state index in [4.69, 9.17) is 9.47 Å². The van der Waals surface area contributed by atoms with Gasteiger partial charge in [-0.1, -0.05) is 91.1 Å². The lowest BCUT2D eigenvalue weighted by atomic mass is 9.56. The summed E-state index contributed by atoms with van der Waals surface area (Å²) in [5.74, 6) is 4.23. The molecular weight excluding hydrogens is 649 g/mol. The van der Waals surface area contributed by atoms with E-state index in [1.165, 1.54) is 72.4 Å². The number of para-hydroxylation sites is 3. The highest BCUT2D eigenvalue weighted by molar-refractivity contribution is 5.93. The van der Waals surface area contributed by atoms with Crippen molar-refractivity contribution >= 4 is 34.0 Å². The summed E-state index contributed by atoms with van der Waals surface area (Å²) in [5.41, 5.74) is 13.4. The third-order valence-electron chi connectivity index (χ3n) is 13.3. The lowest BCUT2D eigenvalue weighted by Crippen LogP contribution is -2.45. The zero-order valence-corrected chi connectivity index (χ0v) is 30.0. The molecule has 4 heteroatoms. The van der Waals surface area contributed by atoms with E-state index in [-0.39, 0.29) is 6.04 Å². The van der Waals surface area contributed by atoms with Crippen molar-refractivity contribution in [3.63, 3.8) is 0 Å². The lowest BCUT2D eigenvalue weighted by molar-refractivity contribution is 0.218. The van der Waals surface area contributed by atoms with Crippen molar-refractivity contribution in [3.8, 4) is 5.75 Å². The molecule has 260 valence electrons. The largest absolute Gasteiger partial charge is 0.462 e. The fourth-order valence-electron chi connectivity index (χ4n) is 11.3. The van der Waals surface area contributed by atoms with Crippen molar-refractivity contribution in [2.24, 2.45) is 0 Å². The van der Waals surface area contributed by atoms with E-state index in [9.17, 15) is 0 Å². The molecule has 3 aromatic carbocycles. The summed E-state index contributed by atoms with van der Waals surface area (Å²) in [6.07, 6.45) is 29.2. The Morgan fingerprint density at radius 2 is 1.32 bits per heavy atom. The summed E-state index contributed by atoms with van der Waals surface area (Å²) in [6, 6.07) is 27.5. The molecule has 0 fully saturated rings. The van der Waals surface area contributed by atoms with Crippen molar-refractivity contribution in [2.45, 2.75) is 81.7 Å². The van der Waals surface area contributed by atoms with E-state index in [0.717, 1.165) is 81.5 Å². The van der Waals surface area contributed by atoms with E-state index in [0.29, 0.717) is 6.04 Å². The third kappa shape index (κ3) is 4.07. The number of hydrogen-bond donors (Lipinski definition) is 0. The predicted octanol–water partition coefficient (Wildman–Crippen LogP) is 11.9. The normalized spacial score (nSPS) is 25.2. The molecule has 0 bridgehead atoms. The first kappa shape index (κ1) is 30.0. The highest BCUT2D eigenvalue weighted by Gasteiger charge is 2.56. The number of aromatic nitrogens is 2. The Bertz CT molecular complexity index is 2650. The van der Waals surface area contributed by atoms with Gasteiger partial charge in [-0.3, -0.25) is 0 Å². The van der Waals surface area contributed by atoms with Crippen molar-refractivity contribution in [1.29, 1.82) is 0 Å². The lowest BCUT2D eigenvalue weighted by Gasteiger charge is -2.52. The Kier molecular flexibility index (Phi) is 6.38. The van der Waals surface area contributed by atoms with Gasteiger partial charge in [-0.15, -0.1) is 0 Å². The number of ether oxygens (including phenoxy) is 2. The molecule has 53 heavy (non-hydrogen) atoms. The van der Waals surface area contributed by atoms with E-state index >= 15 is 0 Å². The molecule has 0 amide bonds. The van der Waals surface area contributed by atoms with Gasteiger partial charge in [0.1, 0.15) is 23.0 Å². The van der Waals surface area contributed by atoms with Crippen molar-refractivity contribution < 1.29 is 9.47 Å². The zero-order chi connectivity index (χ0) is 34.7. The molecule has 7 aliphatic rings. The summed E-state index contributed by atoms with van der Waals surface area (Å²) in [6.45, 7) is 0. The summed E-state index contributed by atoms with van der Waals surface area (Å²) in [5, 5.41) is 2.74. The summed E-state index contributed by atoms with van der Waals surface area (Å²) >= 11 is 0. The van der Waals surface area contributed by atoms with Crippen LogP contribution >= 0.6 is 0 Å².